The first-order chi connectivity index (χ1) is 9.08. The lowest BCUT2D eigenvalue weighted by Gasteiger charge is -2.08. The molecule has 1 heterocycles. The lowest BCUT2D eigenvalue weighted by atomic mass is 10.2. The molecule has 0 spiro atoms. The van der Waals surface area contributed by atoms with E-state index in [1.54, 1.807) is 19.1 Å². The van der Waals surface area contributed by atoms with Crippen LogP contribution in [0.15, 0.2) is 30.6 Å². The van der Waals surface area contributed by atoms with Crippen molar-refractivity contribution < 1.29 is 9.66 Å². The van der Waals surface area contributed by atoms with E-state index in [1.165, 1.54) is 18.5 Å². The van der Waals surface area contributed by atoms with E-state index in [2.05, 4.69) is 9.97 Å². The third-order valence-electron chi connectivity index (χ3n) is 2.50. The Morgan fingerprint density at radius 3 is 2.79 bits per heavy atom. The second-order valence-corrected chi connectivity index (χ2v) is 4.16. The van der Waals surface area contributed by atoms with E-state index in [4.69, 9.17) is 16.3 Å². The van der Waals surface area contributed by atoms with Crippen LogP contribution in [0.4, 0.5) is 5.69 Å². The van der Waals surface area contributed by atoms with Crippen LogP contribution < -0.4 is 4.74 Å². The molecule has 0 saturated carbocycles. The lowest BCUT2D eigenvalue weighted by Crippen LogP contribution is -2.01. The Labute approximate surface area is 114 Å². The molecule has 6 nitrogen and oxygen atoms in total. The number of nitro groups is 1. The molecule has 0 fully saturated rings. The summed E-state index contributed by atoms with van der Waals surface area (Å²) < 4.78 is 5.50. The number of rotatable bonds is 4. The summed E-state index contributed by atoms with van der Waals surface area (Å²) in [5.41, 5.74) is 1.10. The molecule has 1 aromatic heterocycles. The maximum absolute atomic E-state index is 10.8. The van der Waals surface area contributed by atoms with Crippen molar-refractivity contribution in [2.75, 3.05) is 0 Å². The molecule has 0 radical (unpaired) electrons. The largest absolute Gasteiger partial charge is 0.487 e. The standard InChI is InChI=1S/C12H10ClN3O3/c1-8-10(16(17)18)3-2-4-11(8)19-7-9-5-15-12(13)6-14-9/h2-6H,7H2,1H3. The molecular weight excluding hydrogens is 270 g/mol. The highest BCUT2D eigenvalue weighted by Gasteiger charge is 2.14. The number of aromatic nitrogens is 2. The van der Waals surface area contributed by atoms with Crippen LogP contribution in [0, 0.1) is 17.0 Å². The Bertz CT molecular complexity index is 602. The Morgan fingerprint density at radius 1 is 1.37 bits per heavy atom. The Hall–Kier alpha value is -2.21. The van der Waals surface area contributed by atoms with Gasteiger partial charge in [-0.15, -0.1) is 0 Å². The first kappa shape index (κ1) is 13.2. The molecular formula is C12H10ClN3O3. The minimum atomic E-state index is -0.440. The van der Waals surface area contributed by atoms with E-state index < -0.39 is 4.92 Å². The van der Waals surface area contributed by atoms with Gasteiger partial charge in [-0.1, -0.05) is 17.7 Å². The average Bonchev–Trinajstić information content (AvgIpc) is 2.39. The van der Waals surface area contributed by atoms with Gasteiger partial charge in [-0.05, 0) is 13.0 Å². The Morgan fingerprint density at radius 2 is 2.16 bits per heavy atom. The van der Waals surface area contributed by atoms with Crippen molar-refractivity contribution in [1.82, 2.24) is 9.97 Å². The highest BCUT2D eigenvalue weighted by Crippen LogP contribution is 2.27. The average molecular weight is 280 g/mol. The van der Waals surface area contributed by atoms with Crippen LogP contribution in [-0.4, -0.2) is 14.9 Å². The van der Waals surface area contributed by atoms with Crippen LogP contribution in [0.2, 0.25) is 5.15 Å². The molecule has 0 amide bonds. The van der Waals surface area contributed by atoms with Crippen LogP contribution in [0.1, 0.15) is 11.3 Å². The van der Waals surface area contributed by atoms with Gasteiger partial charge in [0.1, 0.15) is 17.5 Å². The summed E-state index contributed by atoms with van der Waals surface area (Å²) in [4.78, 5) is 18.3. The summed E-state index contributed by atoms with van der Waals surface area (Å²) in [6.45, 7) is 1.81. The maximum atomic E-state index is 10.8. The minimum absolute atomic E-state index is 0.0275. The van der Waals surface area contributed by atoms with Crippen molar-refractivity contribution >= 4 is 17.3 Å². The number of ether oxygens (including phenoxy) is 1. The molecule has 1 aromatic carbocycles. The van der Waals surface area contributed by atoms with Crippen LogP contribution in [0.3, 0.4) is 0 Å². The second kappa shape index (κ2) is 5.62. The van der Waals surface area contributed by atoms with Crippen molar-refractivity contribution in [1.29, 1.82) is 0 Å². The molecule has 2 aromatic rings. The van der Waals surface area contributed by atoms with E-state index in [0.29, 0.717) is 22.2 Å². The molecule has 2 rings (SSSR count). The number of halogens is 1. The third kappa shape index (κ3) is 3.17. The van der Waals surface area contributed by atoms with E-state index in [0.717, 1.165) is 0 Å². The Balaban J connectivity index is 2.13. The SMILES string of the molecule is Cc1c(OCc2cnc(Cl)cn2)cccc1[N+](=O)[O-]. The van der Waals surface area contributed by atoms with Crippen LogP contribution in [0.25, 0.3) is 0 Å². The number of hydrogen-bond donors (Lipinski definition) is 0. The van der Waals surface area contributed by atoms with E-state index in [1.807, 2.05) is 0 Å². The van der Waals surface area contributed by atoms with Gasteiger partial charge in [0.15, 0.2) is 0 Å². The number of hydrogen-bond acceptors (Lipinski definition) is 5. The first-order valence-corrected chi connectivity index (χ1v) is 5.79. The highest BCUT2D eigenvalue weighted by atomic mass is 35.5. The number of nitrogens with zero attached hydrogens (tertiary/aromatic N) is 3. The topological polar surface area (TPSA) is 78.2 Å². The van der Waals surface area contributed by atoms with Crippen LogP contribution >= 0.6 is 11.6 Å². The predicted molar refractivity (Wildman–Crippen MR) is 69.2 cm³/mol. The molecule has 0 atom stereocenters. The van der Waals surface area contributed by atoms with Gasteiger partial charge in [0.2, 0.25) is 0 Å². The predicted octanol–water partition coefficient (Wildman–Crippen LogP) is 2.93. The monoisotopic (exact) mass is 279 g/mol. The zero-order valence-corrected chi connectivity index (χ0v) is 10.8. The molecule has 0 aliphatic carbocycles. The van der Waals surface area contributed by atoms with E-state index >= 15 is 0 Å². The van der Waals surface area contributed by atoms with Crippen molar-refractivity contribution in [2.45, 2.75) is 13.5 Å². The molecule has 0 aliphatic rings. The second-order valence-electron chi connectivity index (χ2n) is 3.78. The first-order valence-electron chi connectivity index (χ1n) is 5.41. The van der Waals surface area contributed by atoms with Crippen molar-refractivity contribution in [3.63, 3.8) is 0 Å². The summed E-state index contributed by atoms with van der Waals surface area (Å²) in [5.74, 6) is 0.450. The minimum Gasteiger partial charge on any atom is -0.487 e. The van der Waals surface area contributed by atoms with Crippen LogP contribution in [-0.2, 0) is 6.61 Å². The van der Waals surface area contributed by atoms with Gasteiger partial charge >= 0.3 is 0 Å². The summed E-state index contributed by atoms with van der Waals surface area (Å²) in [5, 5.41) is 11.1. The quantitative estimate of drug-likeness (QED) is 0.635. The van der Waals surface area contributed by atoms with Gasteiger partial charge in [0.25, 0.3) is 5.69 Å². The van der Waals surface area contributed by atoms with E-state index in [-0.39, 0.29) is 12.3 Å². The third-order valence-corrected chi connectivity index (χ3v) is 2.70. The number of nitro benzene ring substituents is 1. The molecule has 0 unspecified atom stereocenters. The summed E-state index contributed by atoms with van der Waals surface area (Å²) in [6.07, 6.45) is 2.91. The summed E-state index contributed by atoms with van der Waals surface area (Å²) >= 11 is 5.62. The van der Waals surface area contributed by atoms with E-state index in [9.17, 15) is 10.1 Å². The number of benzene rings is 1. The summed E-state index contributed by atoms with van der Waals surface area (Å²) in [6, 6.07) is 4.68. The zero-order valence-electron chi connectivity index (χ0n) is 10.0. The fraction of sp³-hybridized carbons (Fsp3) is 0.167. The summed E-state index contributed by atoms with van der Waals surface area (Å²) in [7, 11) is 0. The molecule has 0 bridgehead atoms. The van der Waals surface area contributed by atoms with Gasteiger partial charge in [0, 0.05) is 6.07 Å². The fourth-order valence-electron chi connectivity index (χ4n) is 1.52. The molecule has 98 valence electrons. The maximum Gasteiger partial charge on any atom is 0.276 e. The zero-order chi connectivity index (χ0) is 13.8. The fourth-order valence-corrected chi connectivity index (χ4v) is 1.62. The lowest BCUT2D eigenvalue weighted by molar-refractivity contribution is -0.385. The van der Waals surface area contributed by atoms with Gasteiger partial charge in [-0.25, -0.2) is 4.98 Å². The molecule has 19 heavy (non-hydrogen) atoms. The molecule has 7 heteroatoms. The molecule has 0 N–H and O–H groups in total. The van der Waals surface area contributed by atoms with Gasteiger partial charge in [-0.3, -0.25) is 15.1 Å². The van der Waals surface area contributed by atoms with Crippen LogP contribution in [0.5, 0.6) is 5.75 Å². The highest BCUT2D eigenvalue weighted by molar-refractivity contribution is 6.29. The van der Waals surface area contributed by atoms with Crippen molar-refractivity contribution in [3.8, 4) is 5.75 Å². The molecule has 0 saturated heterocycles. The molecule has 0 aliphatic heterocycles. The van der Waals surface area contributed by atoms with Crippen molar-refractivity contribution in [2.24, 2.45) is 0 Å². The van der Waals surface area contributed by atoms with Gasteiger partial charge in [-0.2, -0.15) is 0 Å². The van der Waals surface area contributed by atoms with Crippen molar-refractivity contribution in [3.05, 3.63) is 57.1 Å². The van der Waals surface area contributed by atoms with Gasteiger partial charge in [0.05, 0.1) is 28.6 Å². The normalized spacial score (nSPS) is 10.2. The smallest absolute Gasteiger partial charge is 0.276 e. The Kier molecular flexibility index (Phi) is 3.91. The van der Waals surface area contributed by atoms with Gasteiger partial charge < -0.3 is 4.74 Å².